The zero-order valence-electron chi connectivity index (χ0n) is 8.11. The van der Waals surface area contributed by atoms with E-state index in [1.165, 1.54) is 6.92 Å². The highest BCUT2D eigenvalue weighted by Crippen LogP contribution is 2.38. The molecule has 1 aromatic rings. The van der Waals surface area contributed by atoms with Gasteiger partial charge in [-0.1, -0.05) is 27.5 Å². The van der Waals surface area contributed by atoms with Gasteiger partial charge in [0.2, 0.25) is 0 Å². The minimum atomic E-state index is -4.50. The molecule has 0 N–H and O–H groups in total. The first-order valence-corrected chi connectivity index (χ1v) is 5.54. The summed E-state index contributed by atoms with van der Waals surface area (Å²) in [7, 11) is 0. The van der Waals surface area contributed by atoms with Gasteiger partial charge in [0.25, 0.3) is 0 Å². The van der Waals surface area contributed by atoms with E-state index in [1.807, 2.05) is 0 Å². The molecule has 0 spiro atoms. The molecule has 1 aromatic carbocycles. The van der Waals surface area contributed by atoms with Gasteiger partial charge in [-0.05, 0) is 30.7 Å². The van der Waals surface area contributed by atoms with Crippen LogP contribution in [0.3, 0.4) is 0 Å². The summed E-state index contributed by atoms with van der Waals surface area (Å²) < 4.78 is 37.9. The van der Waals surface area contributed by atoms with Crippen LogP contribution in [0.1, 0.15) is 22.9 Å². The molecule has 0 radical (unpaired) electrons. The minimum Gasteiger partial charge on any atom is -0.298 e. The standard InChI is InChI=1S/C10H7BrClF3O/c1-5(16)9(11)7-4-6(12)2-3-8(7)10(13,14)15/h2-4,9H,1H3. The number of rotatable bonds is 2. The van der Waals surface area contributed by atoms with Crippen LogP contribution < -0.4 is 0 Å². The Morgan fingerprint density at radius 3 is 2.44 bits per heavy atom. The number of halogens is 5. The molecule has 88 valence electrons. The SMILES string of the molecule is CC(=O)C(Br)c1cc(Cl)ccc1C(F)(F)F. The van der Waals surface area contributed by atoms with Crippen LogP contribution in [0.25, 0.3) is 0 Å². The highest BCUT2D eigenvalue weighted by Gasteiger charge is 2.35. The maximum absolute atomic E-state index is 12.6. The Morgan fingerprint density at radius 1 is 1.44 bits per heavy atom. The summed E-state index contributed by atoms with van der Waals surface area (Å²) >= 11 is 8.54. The first-order valence-electron chi connectivity index (χ1n) is 4.24. The lowest BCUT2D eigenvalue weighted by atomic mass is 10.0. The Morgan fingerprint density at radius 2 is 2.00 bits per heavy atom. The molecule has 1 unspecified atom stereocenters. The first kappa shape index (κ1) is 13.5. The summed E-state index contributed by atoms with van der Waals surface area (Å²) in [5, 5.41) is 0.161. The third kappa shape index (κ3) is 2.98. The fourth-order valence-electron chi connectivity index (χ4n) is 1.22. The van der Waals surface area contributed by atoms with Crippen molar-refractivity contribution in [1.29, 1.82) is 0 Å². The molecule has 1 rings (SSSR count). The molecule has 1 nitrogen and oxygen atoms in total. The van der Waals surface area contributed by atoms with Crippen molar-refractivity contribution in [3.05, 3.63) is 34.3 Å². The molecule has 0 aliphatic rings. The maximum atomic E-state index is 12.6. The van der Waals surface area contributed by atoms with Gasteiger partial charge in [-0.25, -0.2) is 0 Å². The van der Waals surface area contributed by atoms with Crippen molar-refractivity contribution in [2.24, 2.45) is 0 Å². The second kappa shape index (κ2) is 4.75. The molecular formula is C10H7BrClF3O. The molecule has 6 heteroatoms. The Bertz CT molecular complexity index is 417. The van der Waals surface area contributed by atoms with Gasteiger partial charge in [0, 0.05) is 5.02 Å². The van der Waals surface area contributed by atoms with E-state index in [-0.39, 0.29) is 10.6 Å². The van der Waals surface area contributed by atoms with E-state index in [0.717, 1.165) is 18.2 Å². The number of Topliss-reactive ketones (excluding diaryl/α,β-unsaturated/α-hetero) is 1. The van der Waals surface area contributed by atoms with Gasteiger partial charge >= 0.3 is 6.18 Å². The summed E-state index contributed by atoms with van der Waals surface area (Å²) in [4.78, 5) is 10.1. The molecule has 0 aliphatic carbocycles. The van der Waals surface area contributed by atoms with Gasteiger partial charge < -0.3 is 0 Å². The normalized spacial score (nSPS) is 13.6. The van der Waals surface area contributed by atoms with E-state index in [0.29, 0.717) is 0 Å². The molecular weight excluding hydrogens is 308 g/mol. The van der Waals surface area contributed by atoms with Crippen molar-refractivity contribution < 1.29 is 18.0 Å². The molecule has 0 bridgehead atoms. The Balaban J connectivity index is 3.35. The number of carbonyl (C=O) groups is 1. The molecule has 1 atom stereocenters. The van der Waals surface area contributed by atoms with Crippen molar-refractivity contribution in [2.45, 2.75) is 17.9 Å². The average molecular weight is 316 g/mol. The van der Waals surface area contributed by atoms with Gasteiger partial charge in [0.1, 0.15) is 5.78 Å². The van der Waals surface area contributed by atoms with Crippen LogP contribution in [0.5, 0.6) is 0 Å². The molecule has 0 aromatic heterocycles. The molecule has 0 saturated carbocycles. The van der Waals surface area contributed by atoms with E-state index in [9.17, 15) is 18.0 Å². The van der Waals surface area contributed by atoms with Gasteiger partial charge in [0.05, 0.1) is 10.4 Å². The third-order valence-corrected chi connectivity index (χ3v) is 3.32. The number of carbonyl (C=O) groups excluding carboxylic acids is 1. The van der Waals surface area contributed by atoms with E-state index < -0.39 is 22.4 Å². The lowest BCUT2D eigenvalue weighted by Gasteiger charge is -2.15. The molecule has 16 heavy (non-hydrogen) atoms. The number of hydrogen-bond acceptors (Lipinski definition) is 1. The smallest absolute Gasteiger partial charge is 0.298 e. The van der Waals surface area contributed by atoms with Gasteiger partial charge in [0.15, 0.2) is 0 Å². The Hall–Kier alpha value is -0.550. The van der Waals surface area contributed by atoms with Crippen molar-refractivity contribution >= 4 is 33.3 Å². The number of alkyl halides is 4. The fourth-order valence-corrected chi connectivity index (χ4v) is 1.78. The molecule has 0 saturated heterocycles. The molecule has 0 heterocycles. The van der Waals surface area contributed by atoms with Crippen LogP contribution in [-0.2, 0) is 11.0 Å². The predicted molar refractivity (Wildman–Crippen MR) is 58.8 cm³/mol. The van der Waals surface area contributed by atoms with Crippen LogP contribution in [0.2, 0.25) is 5.02 Å². The number of benzene rings is 1. The van der Waals surface area contributed by atoms with E-state index in [2.05, 4.69) is 15.9 Å². The lowest BCUT2D eigenvalue weighted by Crippen LogP contribution is -2.13. The summed E-state index contributed by atoms with van der Waals surface area (Å²) in [6.45, 7) is 1.21. The van der Waals surface area contributed by atoms with Gasteiger partial charge in [-0.2, -0.15) is 13.2 Å². The maximum Gasteiger partial charge on any atom is 0.416 e. The van der Waals surface area contributed by atoms with Crippen LogP contribution in [0.15, 0.2) is 18.2 Å². The summed E-state index contributed by atoms with van der Waals surface area (Å²) in [5.74, 6) is -0.409. The lowest BCUT2D eigenvalue weighted by molar-refractivity contribution is -0.138. The zero-order chi connectivity index (χ0) is 12.5. The Kier molecular flexibility index (Phi) is 4.02. The van der Waals surface area contributed by atoms with Crippen LogP contribution in [-0.4, -0.2) is 5.78 Å². The molecule has 0 fully saturated rings. The monoisotopic (exact) mass is 314 g/mol. The zero-order valence-corrected chi connectivity index (χ0v) is 10.4. The topological polar surface area (TPSA) is 17.1 Å². The van der Waals surface area contributed by atoms with Crippen molar-refractivity contribution in [3.63, 3.8) is 0 Å². The van der Waals surface area contributed by atoms with Crippen LogP contribution in [0, 0.1) is 0 Å². The Labute approximate surface area is 104 Å². The quantitative estimate of drug-likeness (QED) is 0.740. The molecule has 0 aliphatic heterocycles. The second-order valence-electron chi connectivity index (χ2n) is 3.20. The molecule has 0 amide bonds. The second-order valence-corrected chi connectivity index (χ2v) is 4.55. The first-order chi connectivity index (χ1) is 7.23. The van der Waals surface area contributed by atoms with Crippen molar-refractivity contribution in [3.8, 4) is 0 Å². The highest BCUT2D eigenvalue weighted by atomic mass is 79.9. The predicted octanol–water partition coefficient (Wildman–Crippen LogP) is 4.38. The average Bonchev–Trinajstić information content (AvgIpc) is 2.14. The van der Waals surface area contributed by atoms with Crippen molar-refractivity contribution in [1.82, 2.24) is 0 Å². The number of hydrogen-bond donors (Lipinski definition) is 0. The van der Waals surface area contributed by atoms with E-state index >= 15 is 0 Å². The summed E-state index contributed by atoms with van der Waals surface area (Å²) in [5.41, 5.74) is -1.01. The van der Waals surface area contributed by atoms with Crippen molar-refractivity contribution in [2.75, 3.05) is 0 Å². The largest absolute Gasteiger partial charge is 0.416 e. The minimum absolute atomic E-state index is 0.160. The van der Waals surface area contributed by atoms with E-state index in [4.69, 9.17) is 11.6 Å². The van der Waals surface area contributed by atoms with E-state index in [1.54, 1.807) is 0 Å². The highest BCUT2D eigenvalue weighted by molar-refractivity contribution is 9.09. The van der Waals surface area contributed by atoms with Crippen LogP contribution >= 0.6 is 27.5 Å². The van der Waals surface area contributed by atoms with Gasteiger partial charge in [-0.15, -0.1) is 0 Å². The summed E-state index contributed by atoms with van der Waals surface area (Å²) in [6.07, 6.45) is -4.50. The third-order valence-electron chi connectivity index (χ3n) is 1.95. The summed E-state index contributed by atoms with van der Waals surface area (Å²) in [6, 6.07) is 3.16. The van der Waals surface area contributed by atoms with Crippen LogP contribution in [0.4, 0.5) is 13.2 Å². The number of ketones is 1. The fraction of sp³-hybridized carbons (Fsp3) is 0.300. The van der Waals surface area contributed by atoms with Gasteiger partial charge in [-0.3, -0.25) is 4.79 Å².